The number of hydrazine groups is 1. The van der Waals surface area contributed by atoms with Crippen molar-refractivity contribution in [2.45, 2.75) is 34.6 Å². The molecule has 0 spiro atoms. The van der Waals surface area contributed by atoms with Crippen LogP contribution in [0.5, 0.6) is 0 Å². The zero-order valence-electron chi connectivity index (χ0n) is 10.4. The van der Waals surface area contributed by atoms with Gasteiger partial charge in [-0.2, -0.15) is 0 Å². The van der Waals surface area contributed by atoms with Crippen LogP contribution in [0.25, 0.3) is 0 Å². The van der Waals surface area contributed by atoms with Crippen molar-refractivity contribution in [1.29, 1.82) is 0 Å². The van der Waals surface area contributed by atoms with Crippen LogP contribution in [0.3, 0.4) is 0 Å². The van der Waals surface area contributed by atoms with Gasteiger partial charge in [0.1, 0.15) is 0 Å². The zero-order chi connectivity index (χ0) is 11.6. The van der Waals surface area contributed by atoms with E-state index >= 15 is 0 Å². The maximum absolute atomic E-state index is 3.82. The van der Waals surface area contributed by atoms with Crippen molar-refractivity contribution in [2.24, 2.45) is 0 Å². The molecule has 0 aliphatic heterocycles. The van der Waals surface area contributed by atoms with Crippen molar-refractivity contribution < 1.29 is 0 Å². The average molecular weight is 196 g/mol. The highest BCUT2D eigenvalue weighted by atomic mass is 15.3. The Morgan fingerprint density at radius 3 is 1.93 bits per heavy atom. The standard InChI is InChI=1S/C10H18N2.C2H6/c1-8(2)6-9(3)10(4)7-12-11-5;1-2/h6-7,11-12H,1H2,2-5H3;1-2H3/b9-6+,10-7+;. The molecule has 0 atom stereocenters. The molecule has 0 aliphatic carbocycles. The number of hydrogen-bond acceptors (Lipinski definition) is 2. The summed E-state index contributed by atoms with van der Waals surface area (Å²) in [6.45, 7) is 13.9. The molecule has 0 fully saturated rings. The Bertz CT molecular complexity index is 212. The van der Waals surface area contributed by atoms with E-state index in [1.807, 2.05) is 34.0 Å². The van der Waals surface area contributed by atoms with Crippen LogP contribution >= 0.6 is 0 Å². The van der Waals surface area contributed by atoms with Crippen LogP contribution in [-0.2, 0) is 0 Å². The van der Waals surface area contributed by atoms with Gasteiger partial charge in [0, 0.05) is 13.2 Å². The van der Waals surface area contributed by atoms with Gasteiger partial charge in [0.05, 0.1) is 0 Å². The lowest BCUT2D eigenvalue weighted by molar-refractivity contribution is 0.726. The lowest BCUT2D eigenvalue weighted by Gasteiger charge is -2.02. The van der Waals surface area contributed by atoms with Crippen LogP contribution in [0.15, 0.2) is 35.6 Å². The summed E-state index contributed by atoms with van der Waals surface area (Å²) in [5.74, 6) is 0. The molecule has 0 radical (unpaired) electrons. The van der Waals surface area contributed by atoms with Gasteiger partial charge in [-0.05, 0) is 31.9 Å². The van der Waals surface area contributed by atoms with Crippen LogP contribution < -0.4 is 10.9 Å². The van der Waals surface area contributed by atoms with E-state index < -0.39 is 0 Å². The van der Waals surface area contributed by atoms with E-state index in [-0.39, 0.29) is 0 Å². The molecular weight excluding hydrogens is 172 g/mol. The quantitative estimate of drug-likeness (QED) is 0.533. The lowest BCUT2D eigenvalue weighted by Crippen LogP contribution is -2.21. The van der Waals surface area contributed by atoms with Gasteiger partial charge in [0.25, 0.3) is 0 Å². The highest BCUT2D eigenvalue weighted by molar-refractivity contribution is 5.32. The molecule has 0 rings (SSSR count). The van der Waals surface area contributed by atoms with Gasteiger partial charge < -0.3 is 5.43 Å². The Morgan fingerprint density at radius 2 is 1.57 bits per heavy atom. The predicted molar refractivity (Wildman–Crippen MR) is 65.9 cm³/mol. The summed E-state index contributed by atoms with van der Waals surface area (Å²) in [4.78, 5) is 0. The molecule has 0 heterocycles. The second-order valence-corrected chi connectivity index (χ2v) is 2.90. The largest absolute Gasteiger partial charge is 0.329 e. The first-order chi connectivity index (χ1) is 6.57. The molecule has 0 unspecified atom stereocenters. The average Bonchev–Trinajstić information content (AvgIpc) is 2.16. The third-order valence-electron chi connectivity index (χ3n) is 1.52. The molecule has 0 saturated carbocycles. The minimum absolute atomic E-state index is 1.07. The Morgan fingerprint density at radius 1 is 1.07 bits per heavy atom. The van der Waals surface area contributed by atoms with E-state index in [1.54, 1.807) is 0 Å². The van der Waals surface area contributed by atoms with Gasteiger partial charge in [-0.3, -0.25) is 0 Å². The molecule has 0 amide bonds. The fourth-order valence-corrected chi connectivity index (χ4v) is 0.778. The predicted octanol–water partition coefficient (Wildman–Crippen LogP) is 3.16. The fourth-order valence-electron chi connectivity index (χ4n) is 0.778. The van der Waals surface area contributed by atoms with Gasteiger partial charge in [-0.15, -0.1) is 0 Å². The number of allylic oxidation sites excluding steroid dienone is 4. The van der Waals surface area contributed by atoms with Crippen molar-refractivity contribution in [1.82, 2.24) is 10.9 Å². The maximum atomic E-state index is 3.82. The van der Waals surface area contributed by atoms with Crippen LogP contribution in [0.2, 0.25) is 0 Å². The monoisotopic (exact) mass is 196 g/mol. The first-order valence-electron chi connectivity index (χ1n) is 5.01. The second-order valence-electron chi connectivity index (χ2n) is 2.90. The Labute approximate surface area is 88.8 Å². The highest BCUT2D eigenvalue weighted by Crippen LogP contribution is 2.08. The summed E-state index contributed by atoms with van der Waals surface area (Å²) < 4.78 is 0. The number of hydrogen-bond donors (Lipinski definition) is 2. The number of nitrogens with one attached hydrogen (secondary N) is 2. The normalized spacial score (nSPS) is 11.6. The highest BCUT2D eigenvalue weighted by Gasteiger charge is 1.91. The van der Waals surface area contributed by atoms with E-state index in [9.17, 15) is 0 Å². The van der Waals surface area contributed by atoms with Crippen molar-refractivity contribution >= 4 is 0 Å². The molecule has 0 aromatic rings. The molecule has 14 heavy (non-hydrogen) atoms. The SMILES string of the molecule is C=C(C)/C=C(C)/C(C)=C/NNC.CC. The summed E-state index contributed by atoms with van der Waals surface area (Å²) >= 11 is 0. The van der Waals surface area contributed by atoms with Crippen molar-refractivity contribution in [3.05, 3.63) is 35.6 Å². The van der Waals surface area contributed by atoms with E-state index in [0.717, 1.165) is 5.57 Å². The molecule has 2 N–H and O–H groups in total. The van der Waals surface area contributed by atoms with Crippen LogP contribution in [0, 0.1) is 0 Å². The summed E-state index contributed by atoms with van der Waals surface area (Å²) in [5.41, 5.74) is 9.25. The van der Waals surface area contributed by atoms with Crippen LogP contribution in [0.4, 0.5) is 0 Å². The molecule has 2 heteroatoms. The Hall–Kier alpha value is -1.02. The summed E-state index contributed by atoms with van der Waals surface area (Å²) in [7, 11) is 1.83. The maximum Gasteiger partial charge on any atom is 0.0157 e. The summed E-state index contributed by atoms with van der Waals surface area (Å²) in [6, 6.07) is 0. The van der Waals surface area contributed by atoms with Gasteiger partial charge in [0.15, 0.2) is 0 Å². The first-order valence-corrected chi connectivity index (χ1v) is 5.01. The topological polar surface area (TPSA) is 24.1 Å². The fraction of sp³-hybridized carbons (Fsp3) is 0.500. The first kappa shape index (κ1) is 15.5. The minimum atomic E-state index is 1.07. The van der Waals surface area contributed by atoms with Gasteiger partial charge in [-0.25, -0.2) is 5.43 Å². The molecule has 0 aromatic carbocycles. The van der Waals surface area contributed by atoms with E-state index in [4.69, 9.17) is 0 Å². The van der Waals surface area contributed by atoms with Crippen molar-refractivity contribution in [3.8, 4) is 0 Å². The molecule has 0 bridgehead atoms. The Kier molecular flexibility index (Phi) is 11.1. The van der Waals surface area contributed by atoms with Crippen molar-refractivity contribution in [3.63, 3.8) is 0 Å². The smallest absolute Gasteiger partial charge is 0.0157 e. The molecule has 2 nitrogen and oxygen atoms in total. The van der Waals surface area contributed by atoms with Gasteiger partial charge >= 0.3 is 0 Å². The van der Waals surface area contributed by atoms with Crippen molar-refractivity contribution in [2.75, 3.05) is 7.05 Å². The second kappa shape index (κ2) is 10.1. The minimum Gasteiger partial charge on any atom is -0.329 e. The zero-order valence-corrected chi connectivity index (χ0v) is 10.4. The Balaban J connectivity index is 0. The molecule has 0 saturated heterocycles. The van der Waals surface area contributed by atoms with E-state index in [1.165, 1.54) is 11.1 Å². The molecule has 0 aliphatic rings. The summed E-state index contributed by atoms with van der Waals surface area (Å²) in [6.07, 6.45) is 3.98. The summed E-state index contributed by atoms with van der Waals surface area (Å²) in [5, 5.41) is 0. The molecule has 82 valence electrons. The molecule has 0 aromatic heterocycles. The van der Waals surface area contributed by atoms with Crippen LogP contribution in [-0.4, -0.2) is 7.05 Å². The third kappa shape index (κ3) is 9.07. The lowest BCUT2D eigenvalue weighted by atomic mass is 10.1. The third-order valence-corrected chi connectivity index (χ3v) is 1.52. The van der Waals surface area contributed by atoms with E-state index in [2.05, 4.69) is 37.4 Å². The van der Waals surface area contributed by atoms with Gasteiger partial charge in [-0.1, -0.05) is 32.1 Å². The number of rotatable bonds is 4. The van der Waals surface area contributed by atoms with E-state index in [0.29, 0.717) is 0 Å². The molecular formula is C12H24N2. The van der Waals surface area contributed by atoms with Gasteiger partial charge in [0.2, 0.25) is 0 Å². The van der Waals surface area contributed by atoms with Crippen LogP contribution in [0.1, 0.15) is 34.6 Å².